The van der Waals surface area contributed by atoms with Gasteiger partial charge in [-0.15, -0.1) is 0 Å². The van der Waals surface area contributed by atoms with Gasteiger partial charge in [-0.05, 0) is 26.2 Å². The van der Waals surface area contributed by atoms with Crippen LogP contribution in [0, 0.1) is 0 Å². The molecule has 0 bridgehead atoms. The molecule has 0 N–H and O–H groups in total. The molecule has 2 unspecified atom stereocenters. The molecule has 0 aliphatic heterocycles. The zero-order valence-electron chi connectivity index (χ0n) is 26.8. The third-order valence-electron chi connectivity index (χ3n) is 8.83. The third-order valence-corrected chi connectivity index (χ3v) is 8.83. The first-order valence-electron chi connectivity index (χ1n) is 17.8. The van der Waals surface area contributed by atoms with Gasteiger partial charge in [-0.3, -0.25) is 0 Å². The zero-order valence-corrected chi connectivity index (χ0v) is 26.8. The average molecular weight is 531 g/mol. The number of nitrogens with zero attached hydrogens (tertiary/aromatic N) is 2. The Morgan fingerprint density at radius 3 is 1.26 bits per heavy atom. The summed E-state index contributed by atoms with van der Waals surface area (Å²) >= 11 is 0. The number of hydrogen-bond acceptors (Lipinski definition) is 1. The van der Waals surface area contributed by atoms with E-state index in [0.29, 0.717) is 12.0 Å². The Bertz CT molecular complexity index is 592. The molecule has 0 aromatic carbocycles. The minimum atomic E-state index is 0.588. The fraction of sp³-hybridized carbons (Fsp3) is 0.917. The summed E-state index contributed by atoms with van der Waals surface area (Å²) in [5.41, 5.74) is 0. The summed E-state index contributed by atoms with van der Waals surface area (Å²) in [5, 5.41) is 0. The molecule has 2 heteroatoms. The minimum Gasteiger partial charge on any atom is -0.332 e. The van der Waals surface area contributed by atoms with Crippen LogP contribution in [-0.2, 0) is 0 Å². The molecular formula is C36H70N2. The molecule has 0 aliphatic rings. The molecule has 1 aromatic heterocycles. The van der Waals surface area contributed by atoms with E-state index < -0.39 is 0 Å². The molecule has 0 spiro atoms. The molecule has 0 saturated carbocycles. The van der Waals surface area contributed by atoms with Gasteiger partial charge in [0.1, 0.15) is 5.82 Å². The summed E-state index contributed by atoms with van der Waals surface area (Å²) in [6.07, 6.45) is 42.4. The number of hydrogen-bond donors (Lipinski definition) is 0. The summed E-state index contributed by atoms with van der Waals surface area (Å²) in [6, 6.07) is 0.588. The number of aromatic nitrogens is 2. The molecule has 1 heterocycles. The van der Waals surface area contributed by atoms with Crippen LogP contribution in [0.1, 0.15) is 219 Å². The van der Waals surface area contributed by atoms with Crippen molar-refractivity contribution in [3.05, 3.63) is 18.2 Å². The van der Waals surface area contributed by atoms with E-state index in [1.807, 2.05) is 0 Å². The first-order valence-corrected chi connectivity index (χ1v) is 17.8. The summed E-state index contributed by atoms with van der Waals surface area (Å²) in [4.78, 5) is 4.94. The maximum Gasteiger partial charge on any atom is 0.111 e. The second kappa shape index (κ2) is 26.4. The topological polar surface area (TPSA) is 17.8 Å². The van der Waals surface area contributed by atoms with Crippen molar-refractivity contribution in [1.29, 1.82) is 0 Å². The highest BCUT2D eigenvalue weighted by atomic mass is 15.1. The highest BCUT2D eigenvalue weighted by molar-refractivity contribution is 5.02. The number of rotatable bonds is 29. The van der Waals surface area contributed by atoms with Gasteiger partial charge in [0.25, 0.3) is 0 Å². The van der Waals surface area contributed by atoms with Gasteiger partial charge in [0, 0.05) is 24.4 Å². The van der Waals surface area contributed by atoms with Crippen LogP contribution >= 0.6 is 0 Å². The normalized spacial score (nSPS) is 13.3. The van der Waals surface area contributed by atoms with Crippen molar-refractivity contribution in [1.82, 2.24) is 9.55 Å². The molecule has 0 radical (unpaired) electrons. The first kappa shape index (κ1) is 35.2. The summed E-state index contributed by atoms with van der Waals surface area (Å²) < 4.78 is 2.54. The van der Waals surface area contributed by atoms with Crippen LogP contribution < -0.4 is 0 Å². The van der Waals surface area contributed by atoms with Crippen LogP contribution in [0.4, 0.5) is 0 Å². The smallest absolute Gasteiger partial charge is 0.111 e. The Balaban J connectivity index is 2.30. The van der Waals surface area contributed by atoms with Crippen LogP contribution in [0.15, 0.2) is 12.4 Å². The average Bonchev–Trinajstić information content (AvgIpc) is 3.42. The zero-order chi connectivity index (χ0) is 27.5. The van der Waals surface area contributed by atoms with E-state index in [0.717, 1.165) is 0 Å². The lowest BCUT2D eigenvalue weighted by atomic mass is 9.92. The molecule has 224 valence electrons. The van der Waals surface area contributed by atoms with E-state index >= 15 is 0 Å². The monoisotopic (exact) mass is 531 g/mol. The Hall–Kier alpha value is -0.790. The quantitative estimate of drug-likeness (QED) is 0.0941. The minimum absolute atomic E-state index is 0.588. The van der Waals surface area contributed by atoms with Gasteiger partial charge in [-0.2, -0.15) is 0 Å². The fourth-order valence-electron chi connectivity index (χ4n) is 6.16. The van der Waals surface area contributed by atoms with E-state index in [-0.39, 0.29) is 0 Å². The van der Waals surface area contributed by atoms with Crippen LogP contribution in [0.2, 0.25) is 0 Å². The molecule has 0 saturated heterocycles. The van der Waals surface area contributed by atoms with Crippen LogP contribution in [0.3, 0.4) is 0 Å². The van der Waals surface area contributed by atoms with Gasteiger partial charge in [-0.25, -0.2) is 4.98 Å². The molecule has 2 atom stereocenters. The second-order valence-corrected chi connectivity index (χ2v) is 12.5. The van der Waals surface area contributed by atoms with Crippen molar-refractivity contribution in [2.75, 3.05) is 0 Å². The molecule has 1 rings (SSSR count). The van der Waals surface area contributed by atoms with E-state index in [2.05, 4.69) is 44.7 Å². The molecule has 2 nitrogen and oxygen atoms in total. The lowest BCUT2D eigenvalue weighted by Crippen LogP contribution is -2.13. The van der Waals surface area contributed by atoms with Crippen molar-refractivity contribution >= 4 is 0 Å². The van der Waals surface area contributed by atoms with E-state index in [1.54, 1.807) is 0 Å². The molecule has 1 aromatic rings. The van der Waals surface area contributed by atoms with Gasteiger partial charge in [-0.1, -0.05) is 175 Å². The predicted octanol–water partition coefficient (Wildman–Crippen LogP) is 13.1. The van der Waals surface area contributed by atoms with Crippen LogP contribution in [0.25, 0.3) is 0 Å². The van der Waals surface area contributed by atoms with Crippen molar-refractivity contribution in [2.24, 2.45) is 0 Å². The first-order chi connectivity index (χ1) is 18.7. The summed E-state index contributed by atoms with van der Waals surface area (Å²) in [6.45, 7) is 9.33. The Labute approximate surface area is 240 Å². The Morgan fingerprint density at radius 2 is 0.868 bits per heavy atom. The van der Waals surface area contributed by atoms with E-state index in [1.165, 1.54) is 179 Å². The second-order valence-electron chi connectivity index (χ2n) is 12.5. The van der Waals surface area contributed by atoms with Gasteiger partial charge in [0.2, 0.25) is 0 Å². The van der Waals surface area contributed by atoms with Crippen LogP contribution in [-0.4, -0.2) is 9.55 Å². The van der Waals surface area contributed by atoms with Gasteiger partial charge >= 0.3 is 0 Å². The van der Waals surface area contributed by atoms with E-state index in [4.69, 9.17) is 4.98 Å². The molecule has 0 aliphatic carbocycles. The molecule has 0 amide bonds. The molecule has 38 heavy (non-hydrogen) atoms. The van der Waals surface area contributed by atoms with Crippen molar-refractivity contribution < 1.29 is 0 Å². The number of unbranched alkanes of at least 4 members (excludes halogenated alkanes) is 21. The fourth-order valence-corrected chi connectivity index (χ4v) is 6.16. The summed E-state index contributed by atoms with van der Waals surface area (Å²) in [7, 11) is 0. The standard InChI is InChI=1S/C36H70N2/c1-5-8-11-13-15-17-18-19-20-21-22-24-26-28-31-35(30-27-25-23-16-14-12-9-6-2)36-37-32-33-38(36)34(4)29-10-7-3/h32-35H,5-31H2,1-4H3. The van der Waals surface area contributed by atoms with Crippen molar-refractivity contribution in [2.45, 2.75) is 213 Å². The Kier molecular flexibility index (Phi) is 24.5. The van der Waals surface area contributed by atoms with Crippen molar-refractivity contribution in [3.63, 3.8) is 0 Å². The Morgan fingerprint density at radius 1 is 0.500 bits per heavy atom. The van der Waals surface area contributed by atoms with E-state index in [9.17, 15) is 0 Å². The largest absolute Gasteiger partial charge is 0.332 e. The SMILES string of the molecule is CCCCCCCCCCCCCCCCC(CCCCCCCCCC)c1nccn1C(C)CCCC. The lowest BCUT2D eigenvalue weighted by Gasteiger charge is -2.22. The number of imidazole rings is 1. The maximum atomic E-state index is 4.94. The van der Waals surface area contributed by atoms with Crippen molar-refractivity contribution in [3.8, 4) is 0 Å². The highest BCUT2D eigenvalue weighted by Crippen LogP contribution is 2.30. The third kappa shape index (κ3) is 18.5. The maximum absolute atomic E-state index is 4.94. The molecule has 0 fully saturated rings. The lowest BCUT2D eigenvalue weighted by molar-refractivity contribution is 0.417. The van der Waals surface area contributed by atoms with Gasteiger partial charge in [0.05, 0.1) is 0 Å². The predicted molar refractivity (Wildman–Crippen MR) is 171 cm³/mol. The van der Waals surface area contributed by atoms with Gasteiger partial charge in [0.15, 0.2) is 0 Å². The summed E-state index contributed by atoms with van der Waals surface area (Å²) in [5.74, 6) is 2.05. The van der Waals surface area contributed by atoms with Crippen LogP contribution in [0.5, 0.6) is 0 Å². The van der Waals surface area contributed by atoms with Gasteiger partial charge < -0.3 is 4.57 Å². The highest BCUT2D eigenvalue weighted by Gasteiger charge is 2.19. The molecular weight excluding hydrogens is 460 g/mol.